The molecule has 3 N–H and O–H groups in total. The number of carbonyl (C=O) groups excluding carboxylic acids is 1. The average Bonchev–Trinajstić information content (AvgIpc) is 2.50. The molecule has 0 heterocycles. The van der Waals surface area contributed by atoms with Crippen LogP contribution in [0.3, 0.4) is 0 Å². The Hall–Kier alpha value is -1.89. The Morgan fingerprint density at radius 3 is 2.27 bits per heavy atom. The molecule has 146 valence electrons. The minimum atomic E-state index is -1.44. The van der Waals surface area contributed by atoms with Crippen LogP contribution < -0.4 is 5.32 Å². The second-order valence-electron chi connectivity index (χ2n) is 6.90. The maximum atomic E-state index is 11.8. The molecule has 26 heavy (non-hydrogen) atoms. The first-order valence-corrected chi connectivity index (χ1v) is 9.14. The van der Waals surface area contributed by atoms with Crippen molar-refractivity contribution in [2.24, 2.45) is 5.41 Å². The van der Waals surface area contributed by atoms with Crippen LogP contribution in [0.5, 0.6) is 0 Å². The van der Waals surface area contributed by atoms with Crippen molar-refractivity contribution in [1.29, 1.82) is 0 Å². The lowest BCUT2D eigenvalue weighted by atomic mass is 9.87. The van der Waals surface area contributed by atoms with Crippen molar-refractivity contribution in [1.82, 2.24) is 5.32 Å². The largest absolute Gasteiger partial charge is 0.481 e. The number of amides is 1. The average molecular weight is 430 g/mol. The molecule has 0 aliphatic rings. The maximum absolute atomic E-state index is 11.8. The maximum Gasteiger partial charge on any atom is 0.326 e. The molecule has 0 aromatic heterocycles. The molecule has 0 aliphatic carbocycles. The summed E-state index contributed by atoms with van der Waals surface area (Å²) >= 11 is 3.39. The number of carbonyl (C=O) groups is 3. The Balaban J connectivity index is 4.66. The fraction of sp³-hybridized carbons (Fsp3) is 0.526. The zero-order valence-electron chi connectivity index (χ0n) is 15.7. The highest BCUT2D eigenvalue weighted by molar-refractivity contribution is 9.11. The number of hydrogen-bond donors (Lipinski definition) is 3. The molecule has 0 spiro atoms. The number of carboxylic acids is 2. The SMILES string of the molecule is C/C(Br)=C\CC/C(C)=C/CC(C)(C)/C=C/C(=O)N[C@@H](CC(=O)O)C(=O)O. The third-order valence-corrected chi connectivity index (χ3v) is 3.94. The molecule has 0 aliphatic heterocycles. The fourth-order valence-corrected chi connectivity index (χ4v) is 2.23. The van der Waals surface area contributed by atoms with Gasteiger partial charge in [-0.2, -0.15) is 0 Å². The van der Waals surface area contributed by atoms with E-state index < -0.39 is 30.3 Å². The van der Waals surface area contributed by atoms with Crippen LogP contribution in [0, 0.1) is 5.41 Å². The molecule has 1 amide bonds. The summed E-state index contributed by atoms with van der Waals surface area (Å²) in [5, 5.41) is 19.8. The molecule has 0 saturated heterocycles. The summed E-state index contributed by atoms with van der Waals surface area (Å²) in [4.78, 5) is 33.4. The van der Waals surface area contributed by atoms with Crippen LogP contribution in [0.2, 0.25) is 0 Å². The molecule has 7 heteroatoms. The number of allylic oxidation sites excluding steroid dienone is 5. The first-order valence-electron chi connectivity index (χ1n) is 8.35. The predicted molar refractivity (Wildman–Crippen MR) is 105 cm³/mol. The van der Waals surface area contributed by atoms with E-state index in [0.717, 1.165) is 23.7 Å². The molecule has 0 radical (unpaired) electrons. The Kier molecular flexibility index (Phi) is 10.8. The summed E-state index contributed by atoms with van der Waals surface area (Å²) in [6, 6.07) is -1.44. The van der Waals surface area contributed by atoms with Crippen molar-refractivity contribution in [2.75, 3.05) is 0 Å². The summed E-state index contributed by atoms with van der Waals surface area (Å²) in [5.74, 6) is -3.28. The summed E-state index contributed by atoms with van der Waals surface area (Å²) in [7, 11) is 0. The summed E-state index contributed by atoms with van der Waals surface area (Å²) < 4.78 is 1.11. The lowest BCUT2D eigenvalue weighted by Crippen LogP contribution is -2.41. The van der Waals surface area contributed by atoms with Crippen molar-refractivity contribution in [3.8, 4) is 0 Å². The van der Waals surface area contributed by atoms with Gasteiger partial charge < -0.3 is 15.5 Å². The number of carboxylic acid groups (broad SMARTS) is 2. The first kappa shape index (κ1) is 24.1. The van der Waals surface area contributed by atoms with Gasteiger partial charge in [0.1, 0.15) is 6.04 Å². The number of halogens is 1. The second kappa shape index (κ2) is 11.7. The molecular weight excluding hydrogens is 402 g/mol. The lowest BCUT2D eigenvalue weighted by Gasteiger charge is -2.18. The van der Waals surface area contributed by atoms with E-state index in [-0.39, 0.29) is 5.41 Å². The van der Waals surface area contributed by atoms with Crippen molar-refractivity contribution >= 4 is 33.8 Å². The highest BCUT2D eigenvalue weighted by atomic mass is 79.9. The van der Waals surface area contributed by atoms with Crippen molar-refractivity contribution < 1.29 is 24.6 Å². The van der Waals surface area contributed by atoms with E-state index in [4.69, 9.17) is 10.2 Å². The topological polar surface area (TPSA) is 104 Å². The van der Waals surface area contributed by atoms with Crippen molar-refractivity contribution in [3.63, 3.8) is 0 Å². The molecular formula is C19H28BrNO5. The number of nitrogens with one attached hydrogen (secondary N) is 1. The van der Waals surface area contributed by atoms with Crippen LogP contribution in [0.1, 0.15) is 53.4 Å². The molecule has 0 aromatic rings. The van der Waals surface area contributed by atoms with Gasteiger partial charge in [-0.05, 0) is 49.1 Å². The first-order chi connectivity index (χ1) is 11.9. The van der Waals surface area contributed by atoms with Crippen LogP contribution in [0.25, 0.3) is 0 Å². The van der Waals surface area contributed by atoms with Crippen molar-refractivity contribution in [2.45, 2.75) is 59.4 Å². The van der Waals surface area contributed by atoms with Gasteiger partial charge in [-0.15, -0.1) is 0 Å². The molecule has 0 aromatic carbocycles. The monoisotopic (exact) mass is 429 g/mol. The fourth-order valence-electron chi connectivity index (χ4n) is 2.00. The smallest absolute Gasteiger partial charge is 0.326 e. The quantitative estimate of drug-likeness (QED) is 0.339. The van der Waals surface area contributed by atoms with Crippen LogP contribution in [-0.4, -0.2) is 34.1 Å². The highest BCUT2D eigenvalue weighted by Gasteiger charge is 2.22. The van der Waals surface area contributed by atoms with Gasteiger partial charge >= 0.3 is 11.9 Å². The van der Waals surface area contributed by atoms with E-state index >= 15 is 0 Å². The standard InChI is InChI=1S/C19H28BrNO5/c1-13(6-5-7-14(2)20)8-10-19(3,4)11-9-16(22)21-15(18(25)26)12-17(23)24/h7-9,11,15H,5-6,10,12H2,1-4H3,(H,21,22)(H,23,24)(H,25,26)/b11-9+,13-8+,14-7+/t15-/m0/s1. The third-order valence-electron chi connectivity index (χ3n) is 3.62. The lowest BCUT2D eigenvalue weighted by molar-refractivity contribution is -0.146. The highest BCUT2D eigenvalue weighted by Crippen LogP contribution is 2.24. The normalized spacial score (nSPS) is 14.3. The van der Waals surface area contributed by atoms with Gasteiger partial charge in [0.25, 0.3) is 0 Å². The molecule has 6 nitrogen and oxygen atoms in total. The minimum Gasteiger partial charge on any atom is -0.481 e. The molecule has 0 bridgehead atoms. The van der Waals surface area contributed by atoms with E-state index in [0.29, 0.717) is 0 Å². The Labute approximate surface area is 163 Å². The zero-order chi connectivity index (χ0) is 20.3. The summed E-state index contributed by atoms with van der Waals surface area (Å²) in [6.45, 7) is 7.99. The third kappa shape index (κ3) is 12.5. The Bertz CT molecular complexity index is 601. The molecule has 1 atom stereocenters. The Morgan fingerprint density at radius 1 is 1.15 bits per heavy atom. The van der Waals surface area contributed by atoms with Gasteiger partial charge in [0.05, 0.1) is 6.42 Å². The second-order valence-corrected chi connectivity index (χ2v) is 8.15. The van der Waals surface area contributed by atoms with E-state index in [1.54, 1.807) is 6.08 Å². The molecule has 0 rings (SSSR count). The summed E-state index contributed by atoms with van der Waals surface area (Å²) in [6.07, 6.45) is 9.19. The van der Waals surface area contributed by atoms with E-state index in [9.17, 15) is 14.4 Å². The predicted octanol–water partition coefficient (Wildman–Crippen LogP) is 4.03. The Morgan fingerprint density at radius 2 is 1.77 bits per heavy atom. The van der Waals surface area contributed by atoms with Gasteiger partial charge in [0, 0.05) is 0 Å². The van der Waals surface area contributed by atoms with E-state index in [2.05, 4.69) is 40.3 Å². The van der Waals surface area contributed by atoms with Gasteiger partial charge in [-0.3, -0.25) is 9.59 Å². The molecule has 0 saturated carbocycles. The van der Waals surface area contributed by atoms with E-state index in [1.807, 2.05) is 20.8 Å². The van der Waals surface area contributed by atoms with Gasteiger partial charge in [0.15, 0.2) is 0 Å². The van der Waals surface area contributed by atoms with Crippen LogP contribution in [0.4, 0.5) is 0 Å². The minimum absolute atomic E-state index is 0.286. The van der Waals surface area contributed by atoms with Gasteiger partial charge in [0.2, 0.25) is 5.91 Å². The molecule has 0 unspecified atom stereocenters. The van der Waals surface area contributed by atoms with Gasteiger partial charge in [-0.1, -0.05) is 53.6 Å². The van der Waals surface area contributed by atoms with Crippen molar-refractivity contribution in [3.05, 3.63) is 34.4 Å². The number of hydrogen-bond acceptors (Lipinski definition) is 3. The van der Waals surface area contributed by atoms with Gasteiger partial charge in [-0.25, -0.2) is 4.79 Å². The number of rotatable bonds is 11. The zero-order valence-corrected chi connectivity index (χ0v) is 17.3. The van der Waals surface area contributed by atoms with E-state index in [1.165, 1.54) is 11.6 Å². The van der Waals surface area contributed by atoms with Crippen LogP contribution >= 0.6 is 15.9 Å². The summed E-state index contributed by atoms with van der Waals surface area (Å²) in [5.41, 5.74) is 0.971. The van der Waals surface area contributed by atoms with Crippen LogP contribution in [0.15, 0.2) is 34.4 Å². The van der Waals surface area contributed by atoms with Crippen LogP contribution in [-0.2, 0) is 14.4 Å². The number of aliphatic carboxylic acids is 2. The molecule has 0 fully saturated rings.